The van der Waals surface area contributed by atoms with E-state index in [1.54, 1.807) is 12.1 Å². The van der Waals surface area contributed by atoms with Gasteiger partial charge in [0.05, 0.1) is 5.60 Å². The molecule has 0 amide bonds. The highest BCUT2D eigenvalue weighted by atomic mass is 16.5. The van der Waals surface area contributed by atoms with Gasteiger partial charge in [-0.3, -0.25) is 9.59 Å². The highest BCUT2D eigenvalue weighted by Gasteiger charge is 2.51. The van der Waals surface area contributed by atoms with E-state index < -0.39 is 11.6 Å². The van der Waals surface area contributed by atoms with E-state index in [4.69, 9.17) is 9.47 Å². The van der Waals surface area contributed by atoms with Crippen LogP contribution in [0.3, 0.4) is 0 Å². The van der Waals surface area contributed by atoms with Crippen LogP contribution in [0.15, 0.2) is 12.1 Å². The molecule has 2 atom stereocenters. The highest BCUT2D eigenvalue weighted by Crippen LogP contribution is 2.54. The maximum absolute atomic E-state index is 11.5. The lowest BCUT2D eigenvalue weighted by molar-refractivity contribution is -0.133. The monoisotopic (exact) mass is 346 g/mol. The first-order valence-corrected chi connectivity index (χ1v) is 8.86. The fraction of sp³-hybridized carbons (Fsp3) is 0.600. The SMILES string of the molecule is CC(=O)Oc1ccc(OC(C)=O)c2c1CC1C(C)(C)CCCC1(O)C2. The lowest BCUT2D eigenvalue weighted by Crippen LogP contribution is -2.53. The second-order valence-corrected chi connectivity index (χ2v) is 8.09. The molecule has 0 aromatic heterocycles. The van der Waals surface area contributed by atoms with Gasteiger partial charge in [0.25, 0.3) is 0 Å². The average molecular weight is 346 g/mol. The Labute approximate surface area is 148 Å². The summed E-state index contributed by atoms with van der Waals surface area (Å²) in [5.74, 6) is 0.241. The summed E-state index contributed by atoms with van der Waals surface area (Å²) < 4.78 is 10.8. The minimum atomic E-state index is -0.821. The third-order valence-corrected chi connectivity index (χ3v) is 5.77. The topological polar surface area (TPSA) is 72.8 Å². The third kappa shape index (κ3) is 3.30. The van der Waals surface area contributed by atoms with Gasteiger partial charge in [-0.15, -0.1) is 0 Å². The first kappa shape index (κ1) is 17.9. The smallest absolute Gasteiger partial charge is 0.308 e. The Hall–Kier alpha value is -1.88. The standard InChI is InChI=1S/C20H26O5/c1-12(21)24-16-6-7-17(25-13(2)22)15-11-20(23)9-5-8-19(3,4)18(20)10-14(15)16/h6-7,18,23H,5,8-11H2,1-4H3. The summed E-state index contributed by atoms with van der Waals surface area (Å²) in [6.07, 6.45) is 3.78. The number of hydrogen-bond acceptors (Lipinski definition) is 5. The molecule has 3 rings (SSSR count). The molecule has 0 spiro atoms. The van der Waals surface area contributed by atoms with Crippen molar-refractivity contribution in [3.8, 4) is 11.5 Å². The molecule has 0 radical (unpaired) electrons. The van der Waals surface area contributed by atoms with Gasteiger partial charge in [-0.05, 0) is 42.7 Å². The predicted octanol–water partition coefficient (Wildman–Crippen LogP) is 3.19. The summed E-state index contributed by atoms with van der Waals surface area (Å²) in [6.45, 7) is 7.11. The number of esters is 2. The van der Waals surface area contributed by atoms with E-state index in [9.17, 15) is 14.7 Å². The zero-order valence-corrected chi connectivity index (χ0v) is 15.3. The number of fused-ring (bicyclic) bond motifs is 2. The van der Waals surface area contributed by atoms with Crippen LogP contribution in [-0.4, -0.2) is 22.6 Å². The second kappa shape index (κ2) is 6.13. The molecule has 0 aliphatic heterocycles. The van der Waals surface area contributed by atoms with Crippen molar-refractivity contribution in [2.24, 2.45) is 11.3 Å². The van der Waals surface area contributed by atoms with Crippen LogP contribution in [0.4, 0.5) is 0 Å². The normalized spacial score (nSPS) is 27.0. The van der Waals surface area contributed by atoms with Crippen molar-refractivity contribution in [3.05, 3.63) is 23.3 Å². The van der Waals surface area contributed by atoms with Crippen molar-refractivity contribution in [1.29, 1.82) is 0 Å². The summed E-state index contributed by atoms with van der Waals surface area (Å²) in [6, 6.07) is 3.33. The lowest BCUT2D eigenvalue weighted by Gasteiger charge is -2.52. The Morgan fingerprint density at radius 1 is 1.04 bits per heavy atom. The van der Waals surface area contributed by atoms with E-state index in [0.29, 0.717) is 24.3 Å². The molecule has 136 valence electrons. The molecule has 5 heteroatoms. The molecule has 2 aliphatic rings. The van der Waals surface area contributed by atoms with E-state index >= 15 is 0 Å². The van der Waals surface area contributed by atoms with Crippen LogP contribution in [0.2, 0.25) is 0 Å². The van der Waals surface area contributed by atoms with Crippen molar-refractivity contribution in [2.45, 2.75) is 65.4 Å². The fourth-order valence-corrected chi connectivity index (χ4v) is 4.68. The molecule has 1 aromatic rings. The zero-order valence-electron chi connectivity index (χ0n) is 15.3. The van der Waals surface area contributed by atoms with Gasteiger partial charge in [-0.1, -0.05) is 20.3 Å². The molecule has 0 bridgehead atoms. The van der Waals surface area contributed by atoms with Crippen LogP contribution < -0.4 is 9.47 Å². The Morgan fingerprint density at radius 2 is 1.60 bits per heavy atom. The van der Waals surface area contributed by atoms with Crippen molar-refractivity contribution < 1.29 is 24.2 Å². The number of ether oxygens (including phenoxy) is 2. The number of carbonyl (C=O) groups excluding carboxylic acids is 2. The predicted molar refractivity (Wildman–Crippen MR) is 92.5 cm³/mol. The second-order valence-electron chi connectivity index (χ2n) is 8.09. The Balaban J connectivity index is 2.11. The minimum Gasteiger partial charge on any atom is -0.426 e. The van der Waals surface area contributed by atoms with Gasteiger partial charge in [-0.2, -0.15) is 0 Å². The molecule has 0 heterocycles. The quantitative estimate of drug-likeness (QED) is 0.658. The van der Waals surface area contributed by atoms with E-state index in [0.717, 1.165) is 30.4 Å². The first-order valence-electron chi connectivity index (χ1n) is 8.86. The third-order valence-electron chi connectivity index (χ3n) is 5.77. The molecule has 25 heavy (non-hydrogen) atoms. The Kier molecular flexibility index (Phi) is 4.40. The van der Waals surface area contributed by atoms with Crippen LogP contribution >= 0.6 is 0 Å². The summed E-state index contributed by atoms with van der Waals surface area (Å²) >= 11 is 0. The summed E-state index contributed by atoms with van der Waals surface area (Å²) in [5, 5.41) is 11.4. The van der Waals surface area contributed by atoms with Crippen LogP contribution in [0, 0.1) is 11.3 Å². The van der Waals surface area contributed by atoms with E-state index in [1.165, 1.54) is 13.8 Å². The molecule has 1 N–H and O–H groups in total. The van der Waals surface area contributed by atoms with Crippen LogP contribution in [0.5, 0.6) is 11.5 Å². The van der Waals surface area contributed by atoms with Gasteiger partial charge < -0.3 is 14.6 Å². The molecule has 2 aliphatic carbocycles. The van der Waals surface area contributed by atoms with E-state index in [2.05, 4.69) is 13.8 Å². The number of aliphatic hydroxyl groups is 1. The number of benzene rings is 1. The molecule has 5 nitrogen and oxygen atoms in total. The van der Waals surface area contributed by atoms with Crippen LogP contribution in [0.25, 0.3) is 0 Å². The zero-order chi connectivity index (χ0) is 18.4. The Morgan fingerprint density at radius 3 is 2.16 bits per heavy atom. The van der Waals surface area contributed by atoms with Crippen LogP contribution in [0.1, 0.15) is 58.1 Å². The van der Waals surface area contributed by atoms with Gasteiger partial charge in [0.2, 0.25) is 0 Å². The lowest BCUT2D eigenvalue weighted by atomic mass is 9.55. The molecule has 1 aromatic carbocycles. The summed E-state index contributed by atoms with van der Waals surface area (Å²) in [5.41, 5.74) is 0.831. The molecular weight excluding hydrogens is 320 g/mol. The molecule has 2 unspecified atom stereocenters. The average Bonchev–Trinajstić information content (AvgIpc) is 2.47. The summed E-state index contributed by atoms with van der Waals surface area (Å²) in [7, 11) is 0. The minimum absolute atomic E-state index is 0.00434. The van der Waals surface area contributed by atoms with E-state index in [1.807, 2.05) is 0 Å². The van der Waals surface area contributed by atoms with Crippen molar-refractivity contribution in [1.82, 2.24) is 0 Å². The fourth-order valence-electron chi connectivity index (χ4n) is 4.68. The van der Waals surface area contributed by atoms with Crippen molar-refractivity contribution in [3.63, 3.8) is 0 Å². The molecule has 0 saturated heterocycles. The molecule has 1 fully saturated rings. The van der Waals surface area contributed by atoms with Crippen molar-refractivity contribution in [2.75, 3.05) is 0 Å². The number of hydrogen-bond donors (Lipinski definition) is 1. The van der Waals surface area contributed by atoms with Gasteiger partial charge in [0.15, 0.2) is 0 Å². The largest absolute Gasteiger partial charge is 0.426 e. The maximum atomic E-state index is 11.5. The van der Waals surface area contributed by atoms with Gasteiger partial charge in [0, 0.05) is 31.4 Å². The first-order chi connectivity index (χ1) is 11.6. The van der Waals surface area contributed by atoms with Gasteiger partial charge >= 0.3 is 11.9 Å². The maximum Gasteiger partial charge on any atom is 0.308 e. The number of carbonyl (C=O) groups is 2. The van der Waals surface area contributed by atoms with Crippen molar-refractivity contribution >= 4 is 11.9 Å². The van der Waals surface area contributed by atoms with Gasteiger partial charge in [-0.25, -0.2) is 0 Å². The molecular formula is C20H26O5. The number of rotatable bonds is 2. The van der Waals surface area contributed by atoms with Crippen LogP contribution in [-0.2, 0) is 22.4 Å². The van der Waals surface area contributed by atoms with Gasteiger partial charge in [0.1, 0.15) is 11.5 Å². The Bertz CT molecular complexity index is 721. The molecule has 1 saturated carbocycles. The highest BCUT2D eigenvalue weighted by molar-refractivity contribution is 5.72. The summed E-state index contributed by atoms with van der Waals surface area (Å²) in [4.78, 5) is 22.9. The van der Waals surface area contributed by atoms with E-state index in [-0.39, 0.29) is 17.3 Å².